The fourth-order valence-corrected chi connectivity index (χ4v) is 2.02. The van der Waals surface area contributed by atoms with Crippen molar-refractivity contribution >= 4 is 11.6 Å². The standard InChI is InChI=1S/C13H20ClNO/c1-4-11(5-2)15-9(3)12-8-10(14)6-7-13(12)16/h6-9,11,15-16H,4-5H2,1-3H3. The van der Waals surface area contributed by atoms with Crippen molar-refractivity contribution in [1.29, 1.82) is 0 Å². The minimum Gasteiger partial charge on any atom is -0.508 e. The third-order valence-corrected chi connectivity index (χ3v) is 3.16. The molecule has 0 bridgehead atoms. The number of nitrogens with one attached hydrogen (secondary N) is 1. The molecule has 3 heteroatoms. The van der Waals surface area contributed by atoms with E-state index < -0.39 is 0 Å². The van der Waals surface area contributed by atoms with Crippen LogP contribution in [0.5, 0.6) is 5.75 Å². The van der Waals surface area contributed by atoms with E-state index >= 15 is 0 Å². The van der Waals surface area contributed by atoms with Crippen LogP contribution < -0.4 is 5.32 Å². The van der Waals surface area contributed by atoms with Crippen molar-refractivity contribution < 1.29 is 5.11 Å². The van der Waals surface area contributed by atoms with Gasteiger partial charge in [-0.3, -0.25) is 0 Å². The molecule has 0 aromatic heterocycles. The van der Waals surface area contributed by atoms with E-state index in [-0.39, 0.29) is 6.04 Å². The summed E-state index contributed by atoms with van der Waals surface area (Å²) < 4.78 is 0. The Morgan fingerprint density at radius 3 is 2.50 bits per heavy atom. The van der Waals surface area contributed by atoms with E-state index in [9.17, 15) is 5.11 Å². The highest BCUT2D eigenvalue weighted by molar-refractivity contribution is 6.30. The monoisotopic (exact) mass is 241 g/mol. The highest BCUT2D eigenvalue weighted by atomic mass is 35.5. The van der Waals surface area contributed by atoms with E-state index in [4.69, 9.17) is 11.6 Å². The molecule has 0 fully saturated rings. The Balaban J connectivity index is 2.79. The molecule has 90 valence electrons. The van der Waals surface area contributed by atoms with Crippen LogP contribution in [0.4, 0.5) is 0 Å². The Labute approximate surface area is 103 Å². The summed E-state index contributed by atoms with van der Waals surface area (Å²) in [5, 5.41) is 13.9. The normalized spacial score (nSPS) is 13.1. The second kappa shape index (κ2) is 6.12. The lowest BCUT2D eigenvalue weighted by atomic mass is 10.0. The van der Waals surface area contributed by atoms with Crippen LogP contribution in [0.25, 0.3) is 0 Å². The Hall–Kier alpha value is -0.730. The van der Waals surface area contributed by atoms with E-state index in [0.717, 1.165) is 18.4 Å². The van der Waals surface area contributed by atoms with Crippen molar-refractivity contribution in [2.24, 2.45) is 0 Å². The molecule has 0 radical (unpaired) electrons. The molecule has 1 rings (SSSR count). The van der Waals surface area contributed by atoms with Crippen molar-refractivity contribution in [3.8, 4) is 5.75 Å². The van der Waals surface area contributed by atoms with E-state index in [1.807, 2.05) is 13.0 Å². The van der Waals surface area contributed by atoms with Crippen LogP contribution in [0.1, 0.15) is 45.2 Å². The number of rotatable bonds is 5. The molecule has 0 saturated carbocycles. The van der Waals surface area contributed by atoms with Crippen LogP contribution in [-0.4, -0.2) is 11.1 Å². The summed E-state index contributed by atoms with van der Waals surface area (Å²) >= 11 is 5.93. The maximum atomic E-state index is 9.77. The molecule has 0 amide bonds. The molecule has 0 heterocycles. The van der Waals surface area contributed by atoms with E-state index in [0.29, 0.717) is 16.8 Å². The highest BCUT2D eigenvalue weighted by Crippen LogP contribution is 2.27. The fourth-order valence-electron chi connectivity index (χ4n) is 1.84. The van der Waals surface area contributed by atoms with Gasteiger partial charge in [0.2, 0.25) is 0 Å². The van der Waals surface area contributed by atoms with Gasteiger partial charge in [0.15, 0.2) is 0 Å². The van der Waals surface area contributed by atoms with Gasteiger partial charge in [-0.05, 0) is 38.0 Å². The summed E-state index contributed by atoms with van der Waals surface area (Å²) in [5.41, 5.74) is 0.861. The topological polar surface area (TPSA) is 32.3 Å². The number of phenolic OH excluding ortho intramolecular Hbond substituents is 1. The Kier molecular flexibility index (Phi) is 5.10. The molecule has 2 N–H and O–H groups in total. The van der Waals surface area contributed by atoms with Gasteiger partial charge in [0.05, 0.1) is 0 Å². The van der Waals surface area contributed by atoms with Crippen LogP contribution in [0, 0.1) is 0 Å². The van der Waals surface area contributed by atoms with E-state index in [2.05, 4.69) is 19.2 Å². The van der Waals surface area contributed by atoms with Gasteiger partial charge >= 0.3 is 0 Å². The number of hydrogen-bond donors (Lipinski definition) is 2. The van der Waals surface area contributed by atoms with Gasteiger partial charge in [-0.15, -0.1) is 0 Å². The number of aromatic hydroxyl groups is 1. The maximum absolute atomic E-state index is 9.77. The van der Waals surface area contributed by atoms with Gasteiger partial charge in [0.25, 0.3) is 0 Å². The first-order valence-corrected chi connectivity index (χ1v) is 6.20. The van der Waals surface area contributed by atoms with Crippen molar-refractivity contribution in [2.45, 2.75) is 45.7 Å². The van der Waals surface area contributed by atoms with Crippen LogP contribution in [0.15, 0.2) is 18.2 Å². The van der Waals surface area contributed by atoms with Crippen molar-refractivity contribution in [3.05, 3.63) is 28.8 Å². The van der Waals surface area contributed by atoms with Crippen molar-refractivity contribution in [3.63, 3.8) is 0 Å². The number of benzene rings is 1. The summed E-state index contributed by atoms with van der Waals surface area (Å²) in [6.45, 7) is 6.36. The number of halogens is 1. The van der Waals surface area contributed by atoms with E-state index in [1.54, 1.807) is 12.1 Å². The average Bonchev–Trinajstić information content (AvgIpc) is 2.28. The minimum atomic E-state index is 0.114. The van der Waals surface area contributed by atoms with Crippen LogP contribution in [0.3, 0.4) is 0 Å². The molecule has 1 aromatic carbocycles. The summed E-state index contributed by atoms with van der Waals surface area (Å²) in [6.07, 6.45) is 2.17. The molecule has 0 spiro atoms. The SMILES string of the molecule is CCC(CC)NC(C)c1cc(Cl)ccc1O. The zero-order valence-corrected chi connectivity index (χ0v) is 10.9. The average molecular weight is 242 g/mol. The van der Waals surface area contributed by atoms with Crippen molar-refractivity contribution in [1.82, 2.24) is 5.32 Å². The smallest absolute Gasteiger partial charge is 0.120 e. The molecular formula is C13H20ClNO. The summed E-state index contributed by atoms with van der Waals surface area (Å²) in [6, 6.07) is 5.75. The van der Waals surface area contributed by atoms with Crippen LogP contribution >= 0.6 is 11.6 Å². The maximum Gasteiger partial charge on any atom is 0.120 e. The van der Waals surface area contributed by atoms with Gasteiger partial charge in [-0.2, -0.15) is 0 Å². The molecule has 2 nitrogen and oxygen atoms in total. The Bertz CT molecular complexity index is 337. The lowest BCUT2D eigenvalue weighted by Gasteiger charge is -2.22. The first-order chi connectivity index (χ1) is 7.58. The largest absolute Gasteiger partial charge is 0.508 e. The molecule has 0 aliphatic carbocycles. The second-order valence-corrected chi connectivity index (χ2v) is 4.54. The fraction of sp³-hybridized carbons (Fsp3) is 0.538. The third kappa shape index (κ3) is 3.39. The number of hydrogen-bond acceptors (Lipinski definition) is 2. The predicted octanol–water partition coefficient (Wildman–Crippen LogP) is 3.88. The number of phenols is 1. The van der Waals surface area contributed by atoms with Crippen LogP contribution in [0.2, 0.25) is 5.02 Å². The van der Waals surface area contributed by atoms with Gasteiger partial charge in [-0.1, -0.05) is 25.4 Å². The second-order valence-electron chi connectivity index (χ2n) is 4.10. The van der Waals surface area contributed by atoms with Gasteiger partial charge in [-0.25, -0.2) is 0 Å². The van der Waals surface area contributed by atoms with Gasteiger partial charge in [0, 0.05) is 22.7 Å². The Morgan fingerprint density at radius 1 is 1.31 bits per heavy atom. The predicted molar refractivity (Wildman–Crippen MR) is 69.0 cm³/mol. The van der Waals surface area contributed by atoms with Gasteiger partial charge in [0.1, 0.15) is 5.75 Å². The molecule has 1 atom stereocenters. The minimum absolute atomic E-state index is 0.114. The quantitative estimate of drug-likeness (QED) is 0.820. The summed E-state index contributed by atoms with van der Waals surface area (Å²) in [4.78, 5) is 0. The van der Waals surface area contributed by atoms with Gasteiger partial charge < -0.3 is 10.4 Å². The zero-order valence-electron chi connectivity index (χ0n) is 10.1. The summed E-state index contributed by atoms with van der Waals surface area (Å²) in [7, 11) is 0. The molecule has 1 aromatic rings. The lowest BCUT2D eigenvalue weighted by Crippen LogP contribution is -2.30. The molecule has 1 unspecified atom stereocenters. The zero-order chi connectivity index (χ0) is 12.1. The molecule has 0 aliphatic heterocycles. The Morgan fingerprint density at radius 2 is 1.94 bits per heavy atom. The molecule has 0 saturated heterocycles. The summed E-state index contributed by atoms with van der Waals surface area (Å²) in [5.74, 6) is 0.301. The lowest BCUT2D eigenvalue weighted by molar-refractivity contribution is 0.411. The molecule has 16 heavy (non-hydrogen) atoms. The highest BCUT2D eigenvalue weighted by Gasteiger charge is 2.13. The van der Waals surface area contributed by atoms with E-state index in [1.165, 1.54) is 0 Å². The van der Waals surface area contributed by atoms with Crippen molar-refractivity contribution in [2.75, 3.05) is 0 Å². The first-order valence-electron chi connectivity index (χ1n) is 5.82. The third-order valence-electron chi connectivity index (χ3n) is 2.93. The molecule has 0 aliphatic rings. The van der Waals surface area contributed by atoms with Crippen LogP contribution in [-0.2, 0) is 0 Å². The molecular weight excluding hydrogens is 222 g/mol. The first kappa shape index (κ1) is 13.3.